The molecular formula is C16H22N2O. The summed E-state index contributed by atoms with van der Waals surface area (Å²) in [6, 6.07) is 10.6. The third-order valence-electron chi connectivity index (χ3n) is 2.96. The number of hydrogen-bond donors (Lipinski definition) is 1. The van der Waals surface area contributed by atoms with Crippen molar-refractivity contribution < 1.29 is 4.74 Å². The van der Waals surface area contributed by atoms with Crippen LogP contribution in [-0.4, -0.2) is 23.7 Å². The number of aromatic nitrogens is 1. The molecule has 102 valence electrons. The van der Waals surface area contributed by atoms with Gasteiger partial charge in [0.1, 0.15) is 17.4 Å². The number of fused-ring (bicyclic) bond motifs is 1. The van der Waals surface area contributed by atoms with Gasteiger partial charge < -0.3 is 10.1 Å². The molecule has 0 saturated carbocycles. The Morgan fingerprint density at radius 1 is 1.16 bits per heavy atom. The van der Waals surface area contributed by atoms with Crippen LogP contribution in [0.5, 0.6) is 5.75 Å². The van der Waals surface area contributed by atoms with Gasteiger partial charge in [-0.2, -0.15) is 0 Å². The molecule has 0 fully saturated rings. The molecule has 0 saturated heterocycles. The summed E-state index contributed by atoms with van der Waals surface area (Å²) < 4.78 is 6.01. The number of nitrogens with one attached hydrogen (secondary N) is 1. The minimum absolute atomic E-state index is 0.121. The highest BCUT2D eigenvalue weighted by molar-refractivity contribution is 5.84. The molecule has 2 rings (SSSR count). The minimum atomic E-state index is 0.121. The summed E-state index contributed by atoms with van der Waals surface area (Å²) in [4.78, 5) is 4.58. The van der Waals surface area contributed by atoms with Crippen molar-refractivity contribution in [1.29, 1.82) is 0 Å². The third kappa shape index (κ3) is 3.67. The highest BCUT2D eigenvalue weighted by atomic mass is 16.5. The van der Waals surface area contributed by atoms with E-state index in [9.17, 15) is 0 Å². The Bertz CT molecular complexity index is 551. The zero-order valence-electron chi connectivity index (χ0n) is 12.1. The van der Waals surface area contributed by atoms with Gasteiger partial charge in [-0.05, 0) is 26.0 Å². The summed E-state index contributed by atoms with van der Waals surface area (Å²) in [5.74, 6) is 0.860. The largest absolute Gasteiger partial charge is 0.487 e. The van der Waals surface area contributed by atoms with Crippen LogP contribution in [0, 0.1) is 6.92 Å². The maximum absolute atomic E-state index is 6.01. The van der Waals surface area contributed by atoms with Crippen molar-refractivity contribution >= 4 is 10.9 Å². The van der Waals surface area contributed by atoms with Gasteiger partial charge in [0.2, 0.25) is 0 Å². The van der Waals surface area contributed by atoms with Gasteiger partial charge in [0.15, 0.2) is 0 Å². The molecule has 0 radical (unpaired) electrons. The molecule has 0 aliphatic heterocycles. The molecule has 1 heterocycles. The first-order chi connectivity index (χ1) is 9.06. The molecule has 3 heteroatoms. The molecule has 1 unspecified atom stereocenters. The quantitative estimate of drug-likeness (QED) is 0.893. The van der Waals surface area contributed by atoms with E-state index < -0.39 is 0 Å². The zero-order valence-corrected chi connectivity index (χ0v) is 12.1. The first-order valence-corrected chi connectivity index (χ1v) is 6.82. The molecule has 1 aromatic carbocycles. The van der Waals surface area contributed by atoms with E-state index in [-0.39, 0.29) is 6.10 Å². The summed E-state index contributed by atoms with van der Waals surface area (Å²) in [6.07, 6.45) is 0.121. The van der Waals surface area contributed by atoms with Crippen LogP contribution in [0.3, 0.4) is 0 Å². The van der Waals surface area contributed by atoms with Crippen molar-refractivity contribution in [3.63, 3.8) is 0 Å². The van der Waals surface area contributed by atoms with Crippen LogP contribution < -0.4 is 10.1 Å². The fourth-order valence-corrected chi connectivity index (χ4v) is 1.97. The molecule has 19 heavy (non-hydrogen) atoms. The number of benzene rings is 1. The van der Waals surface area contributed by atoms with E-state index in [1.54, 1.807) is 0 Å². The molecule has 1 N–H and O–H groups in total. The Morgan fingerprint density at radius 3 is 2.68 bits per heavy atom. The topological polar surface area (TPSA) is 34.1 Å². The normalized spacial score (nSPS) is 12.9. The van der Waals surface area contributed by atoms with E-state index in [1.807, 2.05) is 25.1 Å². The third-order valence-corrected chi connectivity index (χ3v) is 2.96. The van der Waals surface area contributed by atoms with Gasteiger partial charge >= 0.3 is 0 Å². The average molecular weight is 258 g/mol. The lowest BCUT2D eigenvalue weighted by molar-refractivity contribution is 0.216. The van der Waals surface area contributed by atoms with Crippen molar-refractivity contribution in [2.24, 2.45) is 0 Å². The van der Waals surface area contributed by atoms with E-state index in [1.165, 1.54) is 0 Å². The van der Waals surface area contributed by atoms with Gasteiger partial charge in [0.25, 0.3) is 0 Å². The van der Waals surface area contributed by atoms with Gasteiger partial charge in [-0.1, -0.05) is 32.0 Å². The van der Waals surface area contributed by atoms with Gasteiger partial charge in [-0.3, -0.25) is 0 Å². The Kier molecular flexibility index (Phi) is 4.38. The maximum Gasteiger partial charge on any atom is 0.146 e. The monoisotopic (exact) mass is 258 g/mol. The summed E-state index contributed by atoms with van der Waals surface area (Å²) in [5, 5.41) is 4.50. The number of hydrogen-bond acceptors (Lipinski definition) is 3. The van der Waals surface area contributed by atoms with Crippen LogP contribution in [0.15, 0.2) is 30.3 Å². The van der Waals surface area contributed by atoms with Crippen LogP contribution in [0.2, 0.25) is 0 Å². The van der Waals surface area contributed by atoms with Crippen molar-refractivity contribution in [3.8, 4) is 5.75 Å². The lowest BCUT2D eigenvalue weighted by Crippen LogP contribution is -2.33. The van der Waals surface area contributed by atoms with E-state index >= 15 is 0 Å². The van der Waals surface area contributed by atoms with E-state index in [2.05, 4.69) is 43.2 Å². The molecule has 3 nitrogen and oxygen atoms in total. The van der Waals surface area contributed by atoms with E-state index in [0.717, 1.165) is 28.9 Å². The fourth-order valence-electron chi connectivity index (χ4n) is 1.97. The van der Waals surface area contributed by atoms with Crippen molar-refractivity contribution in [2.45, 2.75) is 39.8 Å². The molecule has 1 atom stereocenters. The minimum Gasteiger partial charge on any atom is -0.487 e. The predicted molar refractivity (Wildman–Crippen MR) is 79.7 cm³/mol. The summed E-state index contributed by atoms with van der Waals surface area (Å²) in [6.45, 7) is 9.18. The van der Waals surface area contributed by atoms with Gasteiger partial charge in [0.05, 0.1) is 0 Å². The molecule has 2 aromatic rings. The van der Waals surface area contributed by atoms with Crippen LogP contribution in [0.4, 0.5) is 0 Å². The van der Waals surface area contributed by atoms with Gasteiger partial charge in [-0.25, -0.2) is 4.98 Å². The van der Waals surface area contributed by atoms with E-state index in [4.69, 9.17) is 4.74 Å². The Labute approximate surface area is 115 Å². The fraction of sp³-hybridized carbons (Fsp3) is 0.438. The van der Waals surface area contributed by atoms with Gasteiger partial charge in [0, 0.05) is 23.7 Å². The lowest BCUT2D eigenvalue weighted by atomic mass is 10.2. The SMILES string of the molecule is Cc1ccc2cccc(OC(C)CNC(C)C)c2n1. The number of para-hydroxylation sites is 1. The zero-order chi connectivity index (χ0) is 13.8. The first-order valence-electron chi connectivity index (χ1n) is 6.82. The van der Waals surface area contributed by atoms with Gasteiger partial charge in [-0.15, -0.1) is 0 Å². The molecule has 0 amide bonds. The summed E-state index contributed by atoms with van der Waals surface area (Å²) in [7, 11) is 0. The summed E-state index contributed by atoms with van der Waals surface area (Å²) in [5.41, 5.74) is 1.95. The second kappa shape index (κ2) is 6.02. The second-order valence-electron chi connectivity index (χ2n) is 5.27. The van der Waals surface area contributed by atoms with Crippen LogP contribution in [0.25, 0.3) is 10.9 Å². The Hall–Kier alpha value is -1.61. The van der Waals surface area contributed by atoms with Crippen LogP contribution in [-0.2, 0) is 0 Å². The number of rotatable bonds is 5. The molecular weight excluding hydrogens is 236 g/mol. The second-order valence-corrected chi connectivity index (χ2v) is 5.27. The van der Waals surface area contributed by atoms with Crippen LogP contribution >= 0.6 is 0 Å². The Balaban J connectivity index is 2.18. The highest BCUT2D eigenvalue weighted by Crippen LogP contribution is 2.24. The molecule has 0 spiro atoms. The molecule has 0 aliphatic carbocycles. The highest BCUT2D eigenvalue weighted by Gasteiger charge is 2.09. The number of nitrogens with zero attached hydrogens (tertiary/aromatic N) is 1. The van der Waals surface area contributed by atoms with E-state index in [0.29, 0.717) is 6.04 Å². The maximum atomic E-state index is 6.01. The standard InChI is InChI=1S/C16H22N2O/c1-11(2)17-10-13(4)19-15-7-5-6-14-9-8-12(3)18-16(14)15/h5-9,11,13,17H,10H2,1-4H3. The Morgan fingerprint density at radius 2 is 1.95 bits per heavy atom. The molecule has 0 bridgehead atoms. The van der Waals surface area contributed by atoms with Crippen molar-refractivity contribution in [1.82, 2.24) is 10.3 Å². The first kappa shape index (κ1) is 13.8. The number of aryl methyl sites for hydroxylation is 1. The van der Waals surface area contributed by atoms with Crippen molar-refractivity contribution in [2.75, 3.05) is 6.54 Å². The number of ether oxygens (including phenoxy) is 1. The summed E-state index contributed by atoms with van der Waals surface area (Å²) >= 11 is 0. The molecule has 0 aliphatic rings. The molecule has 1 aromatic heterocycles. The lowest BCUT2D eigenvalue weighted by Gasteiger charge is -2.18. The predicted octanol–water partition coefficient (Wildman–Crippen LogP) is 3.31. The number of pyridine rings is 1. The van der Waals surface area contributed by atoms with Crippen molar-refractivity contribution in [3.05, 3.63) is 36.0 Å². The average Bonchev–Trinajstić information content (AvgIpc) is 2.37. The van der Waals surface area contributed by atoms with Crippen LogP contribution in [0.1, 0.15) is 26.5 Å². The smallest absolute Gasteiger partial charge is 0.146 e.